The van der Waals surface area contributed by atoms with Gasteiger partial charge in [0.15, 0.2) is 23.0 Å². The number of hydrogen-bond donors (Lipinski definition) is 4. The monoisotopic (exact) mass is 348 g/mol. The number of aliphatic hydroxyl groups excluding tert-OH is 2. The molecule has 0 fully saturated rings. The van der Waals surface area contributed by atoms with E-state index in [9.17, 15) is 20.4 Å². The lowest BCUT2D eigenvalue weighted by Gasteiger charge is -2.22. The molecule has 4 N–H and O–H groups in total. The third-order valence-electron chi connectivity index (χ3n) is 4.27. The Hall–Kier alpha value is -2.44. The summed E-state index contributed by atoms with van der Waals surface area (Å²) in [5.41, 5.74) is 1.50. The largest absolute Gasteiger partial charge is 0.504 e. The van der Waals surface area contributed by atoms with Gasteiger partial charge in [-0.2, -0.15) is 0 Å². The lowest BCUT2D eigenvalue weighted by Crippen LogP contribution is -2.17. The summed E-state index contributed by atoms with van der Waals surface area (Å²) in [7, 11) is 2.92. The van der Waals surface area contributed by atoms with Crippen molar-refractivity contribution in [2.75, 3.05) is 20.8 Å². The van der Waals surface area contributed by atoms with Gasteiger partial charge in [-0.05, 0) is 48.2 Å². The molecule has 0 aliphatic carbocycles. The van der Waals surface area contributed by atoms with Crippen LogP contribution in [0.5, 0.6) is 23.0 Å². The molecule has 1 unspecified atom stereocenters. The lowest BCUT2D eigenvalue weighted by atomic mass is 9.90. The number of phenols is 2. The maximum Gasteiger partial charge on any atom is 0.160 e. The first-order valence-electron chi connectivity index (χ1n) is 8.01. The Labute approximate surface area is 146 Å². The highest BCUT2D eigenvalue weighted by Gasteiger charge is 2.21. The Bertz CT molecular complexity index is 700. The van der Waals surface area contributed by atoms with Crippen LogP contribution in [0.25, 0.3) is 0 Å². The SMILES string of the molecule is COc1cc(CCC(CO)[C@@H](O)c2ccc(O)c(OC)c2)ccc1O. The predicted octanol–water partition coefficient (Wildman–Crippen LogP) is 2.39. The number of benzene rings is 2. The quantitative estimate of drug-likeness (QED) is 0.585. The molecule has 0 aromatic heterocycles. The molecule has 6 heteroatoms. The van der Waals surface area contributed by atoms with Crippen molar-refractivity contribution in [3.05, 3.63) is 47.5 Å². The molecular formula is C19H24O6. The average Bonchev–Trinajstić information content (AvgIpc) is 2.63. The van der Waals surface area contributed by atoms with E-state index in [-0.39, 0.29) is 29.8 Å². The molecule has 2 rings (SSSR count). The molecule has 0 saturated heterocycles. The molecule has 0 saturated carbocycles. The van der Waals surface area contributed by atoms with Gasteiger partial charge < -0.3 is 29.9 Å². The fourth-order valence-electron chi connectivity index (χ4n) is 2.73. The van der Waals surface area contributed by atoms with Gasteiger partial charge in [-0.15, -0.1) is 0 Å². The van der Waals surface area contributed by atoms with Crippen molar-refractivity contribution in [1.29, 1.82) is 0 Å². The number of aryl methyl sites for hydroxylation is 1. The highest BCUT2D eigenvalue weighted by molar-refractivity contribution is 5.43. The second-order valence-corrected chi connectivity index (χ2v) is 5.86. The number of phenolic OH excluding ortho intramolecular Hbond substituents is 2. The molecule has 2 aromatic carbocycles. The van der Waals surface area contributed by atoms with Gasteiger partial charge in [0.2, 0.25) is 0 Å². The van der Waals surface area contributed by atoms with Crippen LogP contribution in [0, 0.1) is 5.92 Å². The van der Waals surface area contributed by atoms with Crippen molar-refractivity contribution in [2.24, 2.45) is 5.92 Å². The number of rotatable bonds is 8. The van der Waals surface area contributed by atoms with E-state index in [2.05, 4.69) is 0 Å². The Balaban J connectivity index is 2.09. The van der Waals surface area contributed by atoms with Crippen molar-refractivity contribution in [3.8, 4) is 23.0 Å². The fourth-order valence-corrected chi connectivity index (χ4v) is 2.73. The molecule has 136 valence electrons. The van der Waals surface area contributed by atoms with Gasteiger partial charge in [0.25, 0.3) is 0 Å². The summed E-state index contributed by atoms with van der Waals surface area (Å²) in [6, 6.07) is 9.70. The van der Waals surface area contributed by atoms with E-state index >= 15 is 0 Å². The minimum Gasteiger partial charge on any atom is -0.504 e. The smallest absolute Gasteiger partial charge is 0.160 e. The summed E-state index contributed by atoms with van der Waals surface area (Å²) in [5, 5.41) is 39.5. The summed E-state index contributed by atoms with van der Waals surface area (Å²) in [5.74, 6) is 0.351. The highest BCUT2D eigenvalue weighted by Crippen LogP contribution is 2.33. The third kappa shape index (κ3) is 4.55. The molecule has 2 atom stereocenters. The summed E-state index contributed by atoms with van der Waals surface area (Å²) >= 11 is 0. The van der Waals surface area contributed by atoms with Gasteiger partial charge in [-0.3, -0.25) is 0 Å². The Morgan fingerprint density at radius 3 is 2.12 bits per heavy atom. The van der Waals surface area contributed by atoms with Crippen LogP contribution >= 0.6 is 0 Å². The molecular weight excluding hydrogens is 324 g/mol. The number of methoxy groups -OCH3 is 2. The second-order valence-electron chi connectivity index (χ2n) is 5.86. The van der Waals surface area contributed by atoms with Gasteiger partial charge in [-0.25, -0.2) is 0 Å². The zero-order valence-electron chi connectivity index (χ0n) is 14.3. The second kappa shape index (κ2) is 8.60. The van der Waals surface area contributed by atoms with E-state index < -0.39 is 6.10 Å². The van der Waals surface area contributed by atoms with Crippen LogP contribution in [0.1, 0.15) is 23.7 Å². The standard InChI is InChI=1S/C19H24O6/c1-24-17-9-12(4-7-15(17)21)3-5-14(11-20)19(23)13-6-8-16(22)18(10-13)25-2/h4,6-10,14,19-23H,3,5,11H2,1-2H3/t14?,19-/m0/s1. The van der Waals surface area contributed by atoms with Gasteiger partial charge in [-0.1, -0.05) is 12.1 Å². The Morgan fingerprint density at radius 2 is 1.52 bits per heavy atom. The average molecular weight is 348 g/mol. The van der Waals surface area contributed by atoms with Crippen molar-refractivity contribution in [3.63, 3.8) is 0 Å². The van der Waals surface area contributed by atoms with E-state index in [1.54, 1.807) is 30.3 Å². The highest BCUT2D eigenvalue weighted by atomic mass is 16.5. The molecule has 0 spiro atoms. The Morgan fingerprint density at radius 1 is 0.920 bits per heavy atom. The van der Waals surface area contributed by atoms with Crippen molar-refractivity contribution in [1.82, 2.24) is 0 Å². The summed E-state index contributed by atoms with van der Waals surface area (Å²) < 4.78 is 10.1. The molecule has 6 nitrogen and oxygen atoms in total. The number of hydrogen-bond acceptors (Lipinski definition) is 6. The van der Waals surface area contributed by atoms with Crippen molar-refractivity contribution in [2.45, 2.75) is 18.9 Å². The van der Waals surface area contributed by atoms with E-state index in [4.69, 9.17) is 9.47 Å². The molecule has 0 amide bonds. The number of aliphatic hydroxyl groups is 2. The van der Waals surface area contributed by atoms with E-state index in [1.165, 1.54) is 20.3 Å². The first-order chi connectivity index (χ1) is 12.0. The topological polar surface area (TPSA) is 99.4 Å². The van der Waals surface area contributed by atoms with Crippen LogP contribution in [0.4, 0.5) is 0 Å². The molecule has 0 heterocycles. The normalized spacial score (nSPS) is 13.3. The van der Waals surface area contributed by atoms with E-state index in [0.717, 1.165) is 5.56 Å². The maximum atomic E-state index is 10.6. The fraction of sp³-hybridized carbons (Fsp3) is 0.368. The minimum absolute atomic E-state index is 0.00446. The molecule has 2 aromatic rings. The van der Waals surface area contributed by atoms with Gasteiger partial charge in [0.1, 0.15) is 0 Å². The van der Waals surface area contributed by atoms with Crippen LogP contribution in [0.3, 0.4) is 0 Å². The number of ether oxygens (including phenoxy) is 2. The first kappa shape index (κ1) is 18.9. The summed E-state index contributed by atoms with van der Waals surface area (Å²) in [4.78, 5) is 0. The zero-order chi connectivity index (χ0) is 18.4. The van der Waals surface area contributed by atoms with E-state index in [1.807, 2.05) is 0 Å². The van der Waals surface area contributed by atoms with E-state index in [0.29, 0.717) is 24.2 Å². The van der Waals surface area contributed by atoms with Crippen LogP contribution in [-0.4, -0.2) is 41.3 Å². The minimum atomic E-state index is -0.890. The van der Waals surface area contributed by atoms with Crippen LogP contribution in [-0.2, 0) is 6.42 Å². The van der Waals surface area contributed by atoms with Crippen molar-refractivity contribution < 1.29 is 29.9 Å². The Kier molecular flexibility index (Phi) is 6.50. The first-order valence-corrected chi connectivity index (χ1v) is 8.01. The lowest BCUT2D eigenvalue weighted by molar-refractivity contribution is 0.0618. The van der Waals surface area contributed by atoms with Crippen LogP contribution < -0.4 is 9.47 Å². The summed E-state index contributed by atoms with van der Waals surface area (Å²) in [6.07, 6.45) is 0.252. The molecule has 0 bridgehead atoms. The predicted molar refractivity (Wildman–Crippen MR) is 93.2 cm³/mol. The van der Waals surface area contributed by atoms with Crippen LogP contribution in [0.2, 0.25) is 0 Å². The third-order valence-corrected chi connectivity index (χ3v) is 4.27. The number of aromatic hydroxyl groups is 2. The van der Waals surface area contributed by atoms with Gasteiger partial charge in [0, 0.05) is 12.5 Å². The van der Waals surface area contributed by atoms with Crippen LogP contribution in [0.15, 0.2) is 36.4 Å². The molecule has 0 aliphatic heterocycles. The van der Waals surface area contributed by atoms with Gasteiger partial charge >= 0.3 is 0 Å². The summed E-state index contributed by atoms with van der Waals surface area (Å²) in [6.45, 7) is -0.181. The van der Waals surface area contributed by atoms with Crippen molar-refractivity contribution >= 4 is 0 Å². The molecule has 25 heavy (non-hydrogen) atoms. The zero-order valence-corrected chi connectivity index (χ0v) is 14.3. The van der Waals surface area contributed by atoms with Gasteiger partial charge in [0.05, 0.1) is 20.3 Å². The molecule has 0 aliphatic rings. The maximum absolute atomic E-state index is 10.6. The molecule has 0 radical (unpaired) electrons.